The van der Waals surface area contributed by atoms with E-state index in [1.165, 1.54) is 23.1 Å². The highest BCUT2D eigenvalue weighted by molar-refractivity contribution is 8.19. The monoisotopic (exact) mass is 452 g/mol. The molecule has 158 valence electrons. The van der Waals surface area contributed by atoms with Gasteiger partial charge in [-0.1, -0.05) is 35.6 Å². The number of carbonyl (C=O) groups is 1. The fraction of sp³-hybridized carbons (Fsp3) is 0.182. The molecule has 2 aromatic carbocycles. The van der Waals surface area contributed by atoms with Crippen molar-refractivity contribution in [2.45, 2.75) is 13.8 Å². The van der Waals surface area contributed by atoms with Gasteiger partial charge in [-0.2, -0.15) is 4.99 Å². The molecule has 1 saturated heterocycles. The van der Waals surface area contributed by atoms with Gasteiger partial charge in [-0.15, -0.1) is 10.2 Å². The van der Waals surface area contributed by atoms with Crippen molar-refractivity contribution in [2.24, 2.45) is 4.99 Å². The quantitative estimate of drug-likeness (QED) is 0.487. The fourth-order valence-corrected chi connectivity index (χ4v) is 4.57. The zero-order valence-corrected chi connectivity index (χ0v) is 18.9. The van der Waals surface area contributed by atoms with Crippen molar-refractivity contribution in [3.05, 3.63) is 64.0 Å². The third-order valence-corrected chi connectivity index (χ3v) is 6.01. The minimum Gasteiger partial charge on any atom is -0.493 e. The molecule has 2 heterocycles. The molecular weight excluding hydrogens is 432 g/mol. The Kier molecular flexibility index (Phi) is 6.34. The molecule has 0 radical (unpaired) electrons. The van der Waals surface area contributed by atoms with Gasteiger partial charge in [0, 0.05) is 0 Å². The lowest BCUT2D eigenvalue weighted by Crippen LogP contribution is -2.28. The van der Waals surface area contributed by atoms with Crippen LogP contribution in [0, 0.1) is 6.92 Å². The number of aromatic nitrogens is 2. The molecule has 1 amide bonds. The van der Waals surface area contributed by atoms with Gasteiger partial charge in [-0.05, 0) is 61.5 Å². The van der Waals surface area contributed by atoms with E-state index in [4.69, 9.17) is 9.47 Å². The van der Waals surface area contributed by atoms with Crippen LogP contribution in [0.25, 0.3) is 6.08 Å². The van der Waals surface area contributed by atoms with E-state index in [0.717, 1.165) is 16.3 Å². The number of benzene rings is 2. The number of aliphatic imine (C=N–C) groups is 1. The Balaban J connectivity index is 1.72. The van der Waals surface area contributed by atoms with E-state index >= 15 is 0 Å². The first-order chi connectivity index (χ1) is 15.1. The van der Waals surface area contributed by atoms with E-state index in [0.29, 0.717) is 33.3 Å². The Bertz CT molecular complexity index is 1160. The molecule has 0 atom stereocenters. The van der Waals surface area contributed by atoms with Crippen molar-refractivity contribution < 1.29 is 14.3 Å². The lowest BCUT2D eigenvalue weighted by molar-refractivity contribution is -0.113. The number of ether oxygens (including phenoxy) is 2. The number of methoxy groups -OCH3 is 1. The van der Waals surface area contributed by atoms with E-state index in [-0.39, 0.29) is 5.91 Å². The van der Waals surface area contributed by atoms with Crippen LogP contribution in [0.5, 0.6) is 11.5 Å². The molecule has 1 aliphatic rings. The smallest absolute Gasteiger partial charge is 0.271 e. The number of hydrogen-bond donors (Lipinski definition) is 0. The Labute approximate surface area is 188 Å². The summed E-state index contributed by atoms with van der Waals surface area (Å²) >= 11 is 2.68. The highest BCUT2D eigenvalue weighted by Gasteiger charge is 2.35. The largest absolute Gasteiger partial charge is 0.493 e. The summed E-state index contributed by atoms with van der Waals surface area (Å²) in [6.45, 7) is 4.33. The van der Waals surface area contributed by atoms with Gasteiger partial charge in [-0.3, -0.25) is 9.69 Å². The van der Waals surface area contributed by atoms with Crippen LogP contribution in [0.2, 0.25) is 0 Å². The zero-order chi connectivity index (χ0) is 21.8. The van der Waals surface area contributed by atoms with Crippen LogP contribution in [-0.2, 0) is 4.79 Å². The molecule has 0 spiro atoms. The first-order valence-corrected chi connectivity index (χ1v) is 11.2. The second-order valence-corrected chi connectivity index (χ2v) is 8.60. The van der Waals surface area contributed by atoms with Crippen LogP contribution in [0.1, 0.15) is 17.5 Å². The molecule has 0 unspecified atom stereocenters. The molecule has 1 aliphatic heterocycles. The summed E-state index contributed by atoms with van der Waals surface area (Å²) < 4.78 is 11.0. The molecule has 4 rings (SSSR count). The SMILES string of the molecule is CCOc1ccc(/C=C2\S/C(=N/c3nnc(C)s3)N(c3ccccc3)C2=O)cc1OC. The predicted molar refractivity (Wildman–Crippen MR) is 125 cm³/mol. The number of thioether (sulfide) groups is 1. The third kappa shape index (κ3) is 4.62. The first-order valence-electron chi connectivity index (χ1n) is 9.57. The average molecular weight is 453 g/mol. The normalized spacial score (nSPS) is 16.4. The van der Waals surface area contributed by atoms with Crippen molar-refractivity contribution in [3.63, 3.8) is 0 Å². The van der Waals surface area contributed by atoms with Gasteiger partial charge in [-0.25, -0.2) is 0 Å². The zero-order valence-electron chi connectivity index (χ0n) is 17.2. The van der Waals surface area contributed by atoms with Crippen LogP contribution in [0.3, 0.4) is 0 Å². The summed E-state index contributed by atoms with van der Waals surface area (Å²) in [6, 6.07) is 15.0. The molecule has 7 nitrogen and oxygen atoms in total. The number of aryl methyl sites for hydroxylation is 1. The molecule has 3 aromatic rings. The second-order valence-electron chi connectivity index (χ2n) is 6.43. The topological polar surface area (TPSA) is 76.9 Å². The van der Waals surface area contributed by atoms with Crippen molar-refractivity contribution in [3.8, 4) is 11.5 Å². The molecule has 31 heavy (non-hydrogen) atoms. The van der Waals surface area contributed by atoms with E-state index in [2.05, 4.69) is 15.2 Å². The summed E-state index contributed by atoms with van der Waals surface area (Å²) in [5, 5.41) is 9.95. The minimum atomic E-state index is -0.149. The molecule has 0 bridgehead atoms. The van der Waals surface area contributed by atoms with Crippen LogP contribution in [-0.4, -0.2) is 35.0 Å². The molecular formula is C22H20N4O3S2. The predicted octanol–water partition coefficient (Wildman–Crippen LogP) is 5.06. The highest BCUT2D eigenvalue weighted by atomic mass is 32.2. The van der Waals surface area contributed by atoms with Gasteiger partial charge in [0.25, 0.3) is 5.91 Å². The number of rotatable bonds is 6. The van der Waals surface area contributed by atoms with Crippen molar-refractivity contribution in [1.82, 2.24) is 10.2 Å². The molecule has 0 saturated carbocycles. The molecule has 9 heteroatoms. The lowest BCUT2D eigenvalue weighted by Gasteiger charge is -2.14. The van der Waals surface area contributed by atoms with E-state index < -0.39 is 0 Å². The van der Waals surface area contributed by atoms with Crippen LogP contribution in [0.4, 0.5) is 10.8 Å². The number of nitrogens with zero attached hydrogens (tertiary/aromatic N) is 4. The maximum atomic E-state index is 13.3. The number of anilines is 1. The van der Waals surface area contributed by atoms with E-state index in [9.17, 15) is 4.79 Å². The minimum absolute atomic E-state index is 0.149. The number of carbonyl (C=O) groups excluding carboxylic acids is 1. The summed E-state index contributed by atoms with van der Waals surface area (Å²) in [5.74, 6) is 1.13. The van der Waals surface area contributed by atoms with Gasteiger partial charge < -0.3 is 9.47 Å². The number of hydrogen-bond acceptors (Lipinski definition) is 8. The Morgan fingerprint density at radius 1 is 1.13 bits per heavy atom. The summed E-state index contributed by atoms with van der Waals surface area (Å²) in [4.78, 5) is 20.0. The Hall–Kier alpha value is -3.17. The maximum Gasteiger partial charge on any atom is 0.271 e. The van der Waals surface area contributed by atoms with Gasteiger partial charge in [0.15, 0.2) is 16.7 Å². The van der Waals surface area contributed by atoms with Crippen LogP contribution < -0.4 is 14.4 Å². The molecule has 1 aromatic heterocycles. The standard InChI is InChI=1S/C22H20N4O3S2/c1-4-29-17-11-10-15(12-18(17)28-3)13-19-20(27)26(16-8-6-5-7-9-16)22(31-19)23-21-25-24-14(2)30-21/h5-13H,4H2,1-3H3/b19-13-,23-22+. The first kappa shape index (κ1) is 21.1. The second kappa shape index (κ2) is 9.32. The average Bonchev–Trinajstić information content (AvgIpc) is 3.32. The van der Waals surface area contributed by atoms with E-state index in [1.807, 2.05) is 68.5 Å². The number of amides is 1. The number of amidine groups is 1. The fourth-order valence-electron chi connectivity index (χ4n) is 2.97. The molecule has 0 N–H and O–H groups in total. The summed E-state index contributed by atoms with van der Waals surface area (Å²) in [6.07, 6.45) is 1.83. The Morgan fingerprint density at radius 2 is 1.94 bits per heavy atom. The van der Waals surface area contributed by atoms with E-state index in [1.54, 1.807) is 12.0 Å². The van der Waals surface area contributed by atoms with Gasteiger partial charge in [0.05, 0.1) is 24.3 Å². The van der Waals surface area contributed by atoms with Gasteiger partial charge in [0.1, 0.15) is 5.01 Å². The summed E-state index contributed by atoms with van der Waals surface area (Å²) in [5.41, 5.74) is 1.57. The van der Waals surface area contributed by atoms with Crippen molar-refractivity contribution in [2.75, 3.05) is 18.6 Å². The van der Waals surface area contributed by atoms with Gasteiger partial charge >= 0.3 is 0 Å². The van der Waals surface area contributed by atoms with Gasteiger partial charge in [0.2, 0.25) is 5.13 Å². The third-order valence-electron chi connectivity index (χ3n) is 4.31. The van der Waals surface area contributed by atoms with Crippen molar-refractivity contribution in [1.29, 1.82) is 0 Å². The molecule has 0 aliphatic carbocycles. The summed E-state index contributed by atoms with van der Waals surface area (Å²) in [7, 11) is 1.59. The Morgan fingerprint density at radius 3 is 2.61 bits per heavy atom. The maximum absolute atomic E-state index is 13.3. The van der Waals surface area contributed by atoms with Crippen LogP contribution in [0.15, 0.2) is 58.4 Å². The lowest BCUT2D eigenvalue weighted by atomic mass is 10.2. The number of para-hydroxylation sites is 1. The van der Waals surface area contributed by atoms with Crippen molar-refractivity contribution >= 4 is 51.1 Å². The molecule has 1 fully saturated rings. The highest BCUT2D eigenvalue weighted by Crippen LogP contribution is 2.38. The van der Waals surface area contributed by atoms with Crippen LogP contribution >= 0.6 is 23.1 Å².